The molecule has 7 nitrogen and oxygen atoms in total. The molecule has 0 aliphatic rings. The van der Waals surface area contributed by atoms with Crippen LogP contribution < -0.4 is 16.8 Å². The first-order valence-corrected chi connectivity index (χ1v) is 10.7. The Balaban J connectivity index is 1.78. The van der Waals surface area contributed by atoms with Crippen LogP contribution in [0, 0.1) is 0 Å². The fraction of sp³-hybridized carbons (Fsp3) is 0.500. The van der Waals surface area contributed by atoms with Crippen LogP contribution in [-0.4, -0.2) is 33.5 Å². The minimum Gasteiger partial charge on any atom is -0.382 e. The Labute approximate surface area is 171 Å². The van der Waals surface area contributed by atoms with E-state index in [-0.39, 0.29) is 5.91 Å². The summed E-state index contributed by atoms with van der Waals surface area (Å²) < 4.78 is 2.31. The van der Waals surface area contributed by atoms with E-state index >= 15 is 0 Å². The monoisotopic (exact) mass is 396 g/mol. The van der Waals surface area contributed by atoms with Crippen molar-refractivity contribution in [3.63, 3.8) is 0 Å². The van der Waals surface area contributed by atoms with Crippen molar-refractivity contribution in [2.45, 2.75) is 58.4 Å². The van der Waals surface area contributed by atoms with Gasteiger partial charge in [0.25, 0.3) is 0 Å². The summed E-state index contributed by atoms with van der Waals surface area (Å²) in [7, 11) is 0. The molecule has 3 rings (SSSR count). The van der Waals surface area contributed by atoms with Crippen molar-refractivity contribution in [3.8, 4) is 0 Å². The van der Waals surface area contributed by atoms with E-state index in [4.69, 9.17) is 16.5 Å². The molecule has 1 amide bonds. The quantitative estimate of drug-likeness (QED) is 0.431. The van der Waals surface area contributed by atoms with Gasteiger partial charge in [0, 0.05) is 31.3 Å². The molecule has 0 spiro atoms. The Bertz CT molecular complexity index is 965. The van der Waals surface area contributed by atoms with E-state index in [1.54, 1.807) is 0 Å². The molecule has 29 heavy (non-hydrogen) atoms. The highest BCUT2D eigenvalue weighted by Gasteiger charge is 2.16. The van der Waals surface area contributed by atoms with Crippen molar-refractivity contribution in [3.05, 3.63) is 30.1 Å². The number of hydrogen-bond donors (Lipinski definition) is 3. The topological polar surface area (TPSA) is 112 Å². The number of benzene rings is 1. The number of amides is 1. The molecule has 0 fully saturated rings. The zero-order valence-electron chi connectivity index (χ0n) is 17.3. The van der Waals surface area contributed by atoms with Crippen molar-refractivity contribution < 1.29 is 4.79 Å². The molecule has 0 saturated heterocycles. The van der Waals surface area contributed by atoms with E-state index in [1.165, 1.54) is 0 Å². The number of nitrogens with two attached hydrogens (primary N) is 2. The summed E-state index contributed by atoms with van der Waals surface area (Å²) >= 11 is 0. The number of hydrogen-bond acceptors (Lipinski definition) is 5. The van der Waals surface area contributed by atoms with Crippen LogP contribution in [0.1, 0.15) is 51.3 Å². The Morgan fingerprint density at radius 1 is 1.14 bits per heavy atom. The van der Waals surface area contributed by atoms with E-state index in [1.807, 2.05) is 18.2 Å². The number of imidazole rings is 1. The first-order chi connectivity index (χ1) is 14.2. The summed E-state index contributed by atoms with van der Waals surface area (Å²) in [6.07, 6.45) is 6.24. The second kappa shape index (κ2) is 10.2. The molecular weight excluding hydrogens is 364 g/mol. The van der Waals surface area contributed by atoms with Crippen molar-refractivity contribution >= 4 is 33.7 Å². The predicted molar refractivity (Wildman–Crippen MR) is 119 cm³/mol. The largest absolute Gasteiger partial charge is 0.382 e. The third-order valence-electron chi connectivity index (χ3n) is 5.18. The van der Waals surface area contributed by atoms with Gasteiger partial charge < -0.3 is 21.4 Å². The van der Waals surface area contributed by atoms with Crippen LogP contribution in [0.4, 0.5) is 5.82 Å². The van der Waals surface area contributed by atoms with Crippen molar-refractivity contribution in [2.24, 2.45) is 5.73 Å². The number of anilines is 1. The number of pyridine rings is 1. The summed E-state index contributed by atoms with van der Waals surface area (Å²) in [4.78, 5) is 21.1. The predicted octanol–water partition coefficient (Wildman–Crippen LogP) is 3.14. The summed E-state index contributed by atoms with van der Waals surface area (Å²) in [5.74, 6) is 1.64. The average molecular weight is 397 g/mol. The van der Waals surface area contributed by atoms with Gasteiger partial charge in [0.1, 0.15) is 11.3 Å². The molecule has 0 bridgehead atoms. The number of para-hydroxylation sites is 1. The van der Waals surface area contributed by atoms with E-state index in [0.717, 1.165) is 72.8 Å². The Morgan fingerprint density at radius 3 is 2.76 bits per heavy atom. The van der Waals surface area contributed by atoms with Crippen LogP contribution in [0.25, 0.3) is 21.9 Å². The molecule has 7 heteroatoms. The summed E-state index contributed by atoms with van der Waals surface area (Å²) in [5, 5.41) is 4.06. The maximum Gasteiger partial charge on any atom is 0.220 e. The van der Waals surface area contributed by atoms with Gasteiger partial charge in [-0.3, -0.25) is 4.79 Å². The molecular formula is C22H32N6O. The molecule has 3 aromatic rings. The number of nitrogens with one attached hydrogen (secondary N) is 1. The lowest BCUT2D eigenvalue weighted by Crippen LogP contribution is -2.25. The lowest BCUT2D eigenvalue weighted by atomic mass is 10.2. The summed E-state index contributed by atoms with van der Waals surface area (Å²) in [6, 6.07) is 8.08. The SMILES string of the molecule is CCCCc1nc2c(N)nc3ccccc3c2n1CCCCNC(=O)CCCN. The minimum absolute atomic E-state index is 0.0806. The molecule has 156 valence electrons. The number of unbranched alkanes of at least 4 members (excludes halogenated alkanes) is 2. The van der Waals surface area contributed by atoms with Gasteiger partial charge in [-0.1, -0.05) is 31.5 Å². The number of aryl methyl sites for hydroxylation is 2. The minimum atomic E-state index is 0.0806. The van der Waals surface area contributed by atoms with Crippen molar-refractivity contribution in [2.75, 3.05) is 18.8 Å². The normalized spacial score (nSPS) is 11.4. The van der Waals surface area contributed by atoms with E-state index in [9.17, 15) is 4.79 Å². The van der Waals surface area contributed by atoms with Gasteiger partial charge in [0.05, 0.1) is 11.0 Å². The Kier molecular flexibility index (Phi) is 7.41. The van der Waals surface area contributed by atoms with Gasteiger partial charge in [0.2, 0.25) is 5.91 Å². The van der Waals surface area contributed by atoms with Gasteiger partial charge in [-0.05, 0) is 38.3 Å². The van der Waals surface area contributed by atoms with Crippen LogP contribution in [0.3, 0.4) is 0 Å². The van der Waals surface area contributed by atoms with E-state index in [2.05, 4.69) is 27.9 Å². The second-order valence-corrected chi connectivity index (χ2v) is 7.44. The van der Waals surface area contributed by atoms with Crippen LogP contribution in [0.15, 0.2) is 24.3 Å². The van der Waals surface area contributed by atoms with Crippen LogP contribution in [-0.2, 0) is 17.8 Å². The highest BCUT2D eigenvalue weighted by Crippen LogP contribution is 2.29. The fourth-order valence-corrected chi connectivity index (χ4v) is 3.65. The third kappa shape index (κ3) is 5.03. The van der Waals surface area contributed by atoms with Crippen LogP contribution in [0.2, 0.25) is 0 Å². The number of rotatable bonds is 11. The Hall–Kier alpha value is -2.67. The van der Waals surface area contributed by atoms with Crippen LogP contribution >= 0.6 is 0 Å². The summed E-state index contributed by atoms with van der Waals surface area (Å²) in [6.45, 7) is 4.27. The smallest absolute Gasteiger partial charge is 0.220 e. The Morgan fingerprint density at radius 2 is 1.97 bits per heavy atom. The molecule has 0 atom stereocenters. The van der Waals surface area contributed by atoms with Gasteiger partial charge in [-0.2, -0.15) is 0 Å². The van der Waals surface area contributed by atoms with Gasteiger partial charge in [-0.15, -0.1) is 0 Å². The number of carbonyl (C=O) groups is 1. The van der Waals surface area contributed by atoms with Gasteiger partial charge in [0.15, 0.2) is 5.82 Å². The lowest BCUT2D eigenvalue weighted by Gasteiger charge is -2.11. The first kappa shape index (κ1) is 21.0. The van der Waals surface area contributed by atoms with Gasteiger partial charge in [-0.25, -0.2) is 9.97 Å². The zero-order chi connectivity index (χ0) is 20.6. The van der Waals surface area contributed by atoms with E-state index in [0.29, 0.717) is 25.3 Å². The van der Waals surface area contributed by atoms with Gasteiger partial charge >= 0.3 is 0 Å². The number of carbonyl (C=O) groups excluding carboxylic acids is 1. The molecule has 0 aliphatic carbocycles. The molecule has 2 aromatic heterocycles. The molecule has 0 saturated carbocycles. The molecule has 0 radical (unpaired) electrons. The standard InChI is InChI=1S/C22H32N6O/c1-2-3-11-18-27-20-21(16-9-4-5-10-17(16)26-22(20)24)28(18)15-7-6-14-25-19(29)12-8-13-23/h4-5,9-10H,2-3,6-8,11-15,23H2,1H3,(H2,24,26)(H,25,29). The molecule has 1 aromatic carbocycles. The fourth-order valence-electron chi connectivity index (χ4n) is 3.65. The average Bonchev–Trinajstić information content (AvgIpc) is 3.10. The zero-order valence-corrected chi connectivity index (χ0v) is 17.3. The van der Waals surface area contributed by atoms with Crippen molar-refractivity contribution in [1.82, 2.24) is 19.9 Å². The molecule has 5 N–H and O–H groups in total. The van der Waals surface area contributed by atoms with Crippen LogP contribution in [0.5, 0.6) is 0 Å². The highest BCUT2D eigenvalue weighted by molar-refractivity contribution is 6.06. The second-order valence-electron chi connectivity index (χ2n) is 7.44. The maximum absolute atomic E-state index is 11.7. The first-order valence-electron chi connectivity index (χ1n) is 10.7. The molecule has 0 unspecified atom stereocenters. The maximum atomic E-state index is 11.7. The highest BCUT2D eigenvalue weighted by atomic mass is 16.1. The molecule has 2 heterocycles. The van der Waals surface area contributed by atoms with E-state index < -0.39 is 0 Å². The number of nitrogens with zero attached hydrogens (tertiary/aromatic N) is 3. The molecule has 0 aliphatic heterocycles. The number of aromatic nitrogens is 3. The lowest BCUT2D eigenvalue weighted by molar-refractivity contribution is -0.121. The number of nitrogen functional groups attached to an aromatic ring is 1. The summed E-state index contributed by atoms with van der Waals surface area (Å²) in [5.41, 5.74) is 14.5. The third-order valence-corrected chi connectivity index (χ3v) is 5.18. The number of fused-ring (bicyclic) bond motifs is 3. The van der Waals surface area contributed by atoms with Crippen molar-refractivity contribution in [1.29, 1.82) is 0 Å².